The number of ether oxygens (including phenoxy) is 1. The van der Waals surface area contributed by atoms with Crippen LogP contribution in [-0.4, -0.2) is 19.7 Å². The molecule has 0 amide bonds. The van der Waals surface area contributed by atoms with Crippen molar-refractivity contribution in [3.05, 3.63) is 29.3 Å². The molecule has 2 aliphatic rings. The number of fused-ring (bicyclic) bond motifs is 1. The normalized spacial score (nSPS) is 27.6. The Bertz CT molecular complexity index is 405. The Morgan fingerprint density at radius 3 is 3.24 bits per heavy atom. The van der Waals surface area contributed by atoms with Crippen molar-refractivity contribution in [2.45, 2.75) is 25.3 Å². The van der Waals surface area contributed by atoms with Crippen LogP contribution in [0.4, 0.5) is 0 Å². The number of hydrogen-bond donors (Lipinski definition) is 2. The van der Waals surface area contributed by atoms with E-state index in [-0.39, 0.29) is 0 Å². The lowest BCUT2D eigenvalue weighted by Gasteiger charge is -2.32. The summed E-state index contributed by atoms with van der Waals surface area (Å²) in [5.74, 6) is 1.63. The van der Waals surface area contributed by atoms with E-state index < -0.39 is 0 Å². The van der Waals surface area contributed by atoms with Gasteiger partial charge in [0, 0.05) is 12.5 Å². The SMILES string of the molecule is NC[C@H]1CCCN[C@@H]1c1ccc2c(c1)OCC2. The van der Waals surface area contributed by atoms with Crippen molar-refractivity contribution in [2.24, 2.45) is 11.7 Å². The van der Waals surface area contributed by atoms with Gasteiger partial charge in [-0.2, -0.15) is 0 Å². The Kier molecular flexibility index (Phi) is 3.04. The lowest BCUT2D eigenvalue weighted by Crippen LogP contribution is -2.37. The maximum atomic E-state index is 5.87. The average Bonchev–Trinajstić information content (AvgIpc) is 2.85. The largest absolute Gasteiger partial charge is 0.493 e. The fourth-order valence-electron chi connectivity index (χ4n) is 2.98. The molecule has 92 valence electrons. The van der Waals surface area contributed by atoms with Crippen molar-refractivity contribution < 1.29 is 4.74 Å². The third kappa shape index (κ3) is 2.05. The highest BCUT2D eigenvalue weighted by Gasteiger charge is 2.26. The van der Waals surface area contributed by atoms with Crippen LogP contribution in [0.1, 0.15) is 30.0 Å². The number of hydrogen-bond acceptors (Lipinski definition) is 3. The molecule has 2 aliphatic heterocycles. The first-order chi connectivity index (χ1) is 8.38. The van der Waals surface area contributed by atoms with Gasteiger partial charge in [-0.1, -0.05) is 12.1 Å². The highest BCUT2D eigenvalue weighted by atomic mass is 16.5. The Morgan fingerprint density at radius 1 is 1.41 bits per heavy atom. The van der Waals surface area contributed by atoms with Crippen LogP contribution in [0, 0.1) is 5.92 Å². The van der Waals surface area contributed by atoms with Crippen LogP contribution < -0.4 is 15.8 Å². The van der Waals surface area contributed by atoms with Gasteiger partial charge < -0.3 is 15.8 Å². The average molecular weight is 232 g/mol. The van der Waals surface area contributed by atoms with Crippen LogP contribution in [0.25, 0.3) is 0 Å². The van der Waals surface area contributed by atoms with Crippen LogP contribution in [0.5, 0.6) is 5.75 Å². The minimum absolute atomic E-state index is 0.406. The Labute approximate surface area is 102 Å². The van der Waals surface area contributed by atoms with E-state index in [9.17, 15) is 0 Å². The maximum Gasteiger partial charge on any atom is 0.122 e. The minimum atomic E-state index is 0.406. The third-order valence-corrected chi connectivity index (χ3v) is 3.97. The van der Waals surface area contributed by atoms with E-state index in [1.807, 2.05) is 0 Å². The molecule has 3 N–H and O–H groups in total. The van der Waals surface area contributed by atoms with Crippen molar-refractivity contribution >= 4 is 0 Å². The maximum absolute atomic E-state index is 5.87. The molecule has 1 aromatic carbocycles. The summed E-state index contributed by atoms with van der Waals surface area (Å²) in [5.41, 5.74) is 8.55. The van der Waals surface area contributed by atoms with Crippen molar-refractivity contribution in [3.63, 3.8) is 0 Å². The van der Waals surface area contributed by atoms with Crippen molar-refractivity contribution in [1.29, 1.82) is 0 Å². The van der Waals surface area contributed by atoms with Gasteiger partial charge in [0.25, 0.3) is 0 Å². The summed E-state index contributed by atoms with van der Waals surface area (Å²) in [5, 5.41) is 3.59. The zero-order chi connectivity index (χ0) is 11.7. The predicted molar refractivity (Wildman–Crippen MR) is 68.2 cm³/mol. The molecule has 0 unspecified atom stereocenters. The predicted octanol–water partition coefficient (Wildman–Crippen LogP) is 1.62. The number of piperidine rings is 1. The number of nitrogens with one attached hydrogen (secondary N) is 1. The number of nitrogens with two attached hydrogens (primary N) is 1. The summed E-state index contributed by atoms with van der Waals surface area (Å²) in [6.45, 7) is 2.69. The molecule has 0 saturated carbocycles. The lowest BCUT2D eigenvalue weighted by molar-refractivity contribution is 0.290. The van der Waals surface area contributed by atoms with Crippen LogP contribution >= 0.6 is 0 Å². The molecule has 3 heteroatoms. The van der Waals surface area contributed by atoms with Gasteiger partial charge in [-0.05, 0) is 49.0 Å². The monoisotopic (exact) mass is 232 g/mol. The molecule has 0 spiro atoms. The highest BCUT2D eigenvalue weighted by molar-refractivity contribution is 5.41. The van der Waals surface area contributed by atoms with Gasteiger partial charge in [-0.15, -0.1) is 0 Å². The Balaban J connectivity index is 1.87. The van der Waals surface area contributed by atoms with Crippen LogP contribution in [0.3, 0.4) is 0 Å². The van der Waals surface area contributed by atoms with Crippen LogP contribution in [0.2, 0.25) is 0 Å². The smallest absolute Gasteiger partial charge is 0.122 e. The molecule has 1 saturated heterocycles. The second kappa shape index (κ2) is 4.67. The van der Waals surface area contributed by atoms with Crippen molar-refractivity contribution in [2.75, 3.05) is 19.7 Å². The van der Waals surface area contributed by atoms with Gasteiger partial charge in [0.15, 0.2) is 0 Å². The molecule has 1 aromatic rings. The first-order valence-electron chi connectivity index (χ1n) is 6.57. The second-order valence-corrected chi connectivity index (χ2v) is 5.04. The molecule has 0 radical (unpaired) electrons. The fraction of sp³-hybridized carbons (Fsp3) is 0.571. The molecule has 2 heterocycles. The summed E-state index contributed by atoms with van der Waals surface area (Å²) in [6.07, 6.45) is 3.51. The van der Waals surface area contributed by atoms with Gasteiger partial charge in [0.2, 0.25) is 0 Å². The van der Waals surface area contributed by atoms with Crippen LogP contribution in [0.15, 0.2) is 18.2 Å². The van der Waals surface area contributed by atoms with E-state index in [1.54, 1.807) is 0 Å². The van der Waals surface area contributed by atoms with E-state index in [1.165, 1.54) is 24.0 Å². The first-order valence-corrected chi connectivity index (χ1v) is 6.57. The second-order valence-electron chi connectivity index (χ2n) is 5.04. The van der Waals surface area contributed by atoms with E-state index in [2.05, 4.69) is 23.5 Å². The third-order valence-electron chi connectivity index (χ3n) is 3.97. The van der Waals surface area contributed by atoms with E-state index >= 15 is 0 Å². The van der Waals surface area contributed by atoms with E-state index in [0.717, 1.165) is 31.9 Å². The van der Waals surface area contributed by atoms with Crippen LogP contribution in [-0.2, 0) is 6.42 Å². The summed E-state index contributed by atoms with van der Waals surface area (Å²) >= 11 is 0. The van der Waals surface area contributed by atoms with Gasteiger partial charge in [-0.3, -0.25) is 0 Å². The Morgan fingerprint density at radius 2 is 2.35 bits per heavy atom. The quantitative estimate of drug-likeness (QED) is 0.814. The summed E-state index contributed by atoms with van der Waals surface area (Å²) in [6, 6.07) is 7.05. The minimum Gasteiger partial charge on any atom is -0.493 e. The fourth-order valence-corrected chi connectivity index (χ4v) is 2.98. The standard InChI is InChI=1S/C14H20N2O/c15-9-12-2-1-6-16-14(12)11-4-3-10-5-7-17-13(10)8-11/h3-4,8,12,14,16H,1-2,5-7,9,15H2/t12-,14-/m1/s1. The van der Waals surface area contributed by atoms with Gasteiger partial charge in [-0.25, -0.2) is 0 Å². The lowest BCUT2D eigenvalue weighted by atomic mass is 9.86. The van der Waals surface area contributed by atoms with E-state index in [4.69, 9.17) is 10.5 Å². The highest BCUT2D eigenvalue weighted by Crippen LogP contribution is 2.33. The summed E-state index contributed by atoms with van der Waals surface area (Å²) in [4.78, 5) is 0. The molecule has 1 fully saturated rings. The Hall–Kier alpha value is -1.06. The molecule has 0 aromatic heterocycles. The first kappa shape index (κ1) is 11.1. The van der Waals surface area contributed by atoms with Gasteiger partial charge in [0.1, 0.15) is 5.75 Å². The van der Waals surface area contributed by atoms with Gasteiger partial charge in [0.05, 0.1) is 6.61 Å². The zero-order valence-corrected chi connectivity index (χ0v) is 10.1. The molecular weight excluding hydrogens is 212 g/mol. The number of benzene rings is 1. The molecule has 3 nitrogen and oxygen atoms in total. The molecule has 0 aliphatic carbocycles. The molecule has 17 heavy (non-hydrogen) atoms. The van der Waals surface area contributed by atoms with Gasteiger partial charge >= 0.3 is 0 Å². The number of rotatable bonds is 2. The molecule has 2 atom stereocenters. The van der Waals surface area contributed by atoms with Crippen molar-refractivity contribution in [3.8, 4) is 5.75 Å². The molecule has 3 rings (SSSR count). The summed E-state index contributed by atoms with van der Waals surface area (Å²) < 4.78 is 5.64. The van der Waals surface area contributed by atoms with Crippen molar-refractivity contribution in [1.82, 2.24) is 5.32 Å². The summed E-state index contributed by atoms with van der Waals surface area (Å²) in [7, 11) is 0. The van der Waals surface area contributed by atoms with E-state index in [0.29, 0.717) is 12.0 Å². The topological polar surface area (TPSA) is 47.3 Å². The molecule has 0 bridgehead atoms. The zero-order valence-electron chi connectivity index (χ0n) is 10.1. The molecular formula is C14H20N2O.